The van der Waals surface area contributed by atoms with E-state index in [0.29, 0.717) is 0 Å². The largest absolute Gasteiger partial charge is 0.457 e. The lowest BCUT2D eigenvalue weighted by Crippen LogP contribution is -2.24. The van der Waals surface area contributed by atoms with Gasteiger partial charge in [-0.2, -0.15) is 0 Å². The highest BCUT2D eigenvalue weighted by Gasteiger charge is 2.40. The van der Waals surface area contributed by atoms with E-state index in [1.165, 1.54) is 273 Å². The molecule has 3 aliphatic heterocycles. The third kappa shape index (κ3) is 17.2. The predicted molar refractivity (Wildman–Crippen MR) is 364 cm³/mol. The van der Waals surface area contributed by atoms with Crippen molar-refractivity contribution in [3.8, 4) is 34.5 Å². The highest BCUT2D eigenvalue weighted by Crippen LogP contribution is 2.57. The fourth-order valence-electron chi connectivity index (χ4n) is 16.0. The maximum Gasteiger partial charge on any atom is 0.230 e. The van der Waals surface area contributed by atoms with E-state index < -0.39 is 0 Å². The maximum atomic E-state index is 7.06. The van der Waals surface area contributed by atoms with Crippen LogP contribution in [0.4, 0.5) is 0 Å². The summed E-state index contributed by atoms with van der Waals surface area (Å²) in [6.07, 6.45) is 54.8. The standard InChI is InChI=1S/C81H115NO6/c1-5-9-13-17-21-25-29-33-37-41-61-65-49-67-62(42-38-34-30-26-22-18-14-10-6-2)69-51-71-64(44-40-36-32-28-24-20-16-12-8-4)72-52-70-63(43-39-35-31-27-23-19-15-11-7-3)68-50-66(61)74-54-76(68)84-58-86-78(70)56-80(72)88-59-87-79(71)55-77(69)85-57-83-75(67)53-73(65)81(74)60-45-47-82-48-46-60/h45-56,61-64,81H,5-44,57-59H2,1-4H3. The number of ether oxygens (including phenoxy) is 6. The molecule has 5 aromatic rings. The molecule has 0 fully saturated rings. The van der Waals surface area contributed by atoms with Crippen LogP contribution in [-0.2, 0) is 0 Å². The fourth-order valence-corrected chi connectivity index (χ4v) is 16.0. The zero-order valence-electron chi connectivity index (χ0n) is 55.6. The van der Waals surface area contributed by atoms with Gasteiger partial charge in [-0.3, -0.25) is 4.98 Å². The van der Waals surface area contributed by atoms with Gasteiger partial charge in [0, 0.05) is 87.5 Å². The van der Waals surface area contributed by atoms with E-state index in [9.17, 15) is 0 Å². The number of pyridine rings is 1. The summed E-state index contributed by atoms with van der Waals surface area (Å²) >= 11 is 0. The Bertz CT molecular complexity index is 2730. The van der Waals surface area contributed by atoms with Crippen molar-refractivity contribution in [1.29, 1.82) is 0 Å². The van der Waals surface area contributed by atoms with Crippen LogP contribution in [0, 0.1) is 0 Å². The second-order valence-electron chi connectivity index (χ2n) is 27.5. The van der Waals surface area contributed by atoms with Crippen LogP contribution in [0.3, 0.4) is 0 Å². The lowest BCUT2D eigenvalue weighted by Gasteiger charge is -2.39. The summed E-state index contributed by atoms with van der Waals surface area (Å²) in [5.41, 5.74) is 14.6. The summed E-state index contributed by atoms with van der Waals surface area (Å²) in [6.45, 7) is 9.62. The molecule has 4 aromatic carbocycles. The van der Waals surface area contributed by atoms with Gasteiger partial charge in [-0.05, 0) is 89.9 Å². The molecule has 88 heavy (non-hydrogen) atoms. The Balaban J connectivity index is 1.13. The number of rotatable bonds is 41. The van der Waals surface area contributed by atoms with Crippen LogP contribution in [0.1, 0.15) is 375 Å². The maximum absolute atomic E-state index is 7.06. The van der Waals surface area contributed by atoms with Gasteiger partial charge < -0.3 is 28.4 Å². The molecule has 0 N–H and O–H groups in total. The van der Waals surface area contributed by atoms with E-state index in [-0.39, 0.29) is 50.0 Å². The van der Waals surface area contributed by atoms with Crippen molar-refractivity contribution >= 4 is 0 Å². The van der Waals surface area contributed by atoms with Crippen LogP contribution in [0.5, 0.6) is 34.5 Å². The minimum absolute atomic E-state index is 0.0407. The zero-order chi connectivity index (χ0) is 60.5. The number of hydrogen-bond donors (Lipinski definition) is 0. The van der Waals surface area contributed by atoms with Crippen LogP contribution in [0.15, 0.2) is 73.1 Å². The monoisotopic (exact) mass is 1200 g/mol. The molecule has 1 aromatic heterocycles. The molecule has 2 unspecified atom stereocenters. The topological polar surface area (TPSA) is 68.3 Å². The average Bonchev–Trinajstić information content (AvgIpc) is 0.804. The van der Waals surface area contributed by atoms with E-state index >= 15 is 0 Å². The number of nitrogens with zero attached hydrogens (tertiary/aromatic N) is 1. The van der Waals surface area contributed by atoms with Gasteiger partial charge in [-0.15, -0.1) is 0 Å². The first-order valence-electron chi connectivity index (χ1n) is 37.0. The van der Waals surface area contributed by atoms with Crippen molar-refractivity contribution in [1.82, 2.24) is 4.98 Å². The minimum Gasteiger partial charge on any atom is -0.457 e. The Morgan fingerprint density at radius 2 is 0.489 bits per heavy atom. The predicted octanol–water partition coefficient (Wildman–Crippen LogP) is 24.3. The summed E-state index contributed by atoms with van der Waals surface area (Å²) in [5, 5.41) is 0. The Labute approximate surface area is 534 Å². The molecule has 4 heterocycles. The molecule has 480 valence electrons. The van der Waals surface area contributed by atoms with Gasteiger partial charge >= 0.3 is 0 Å². The molecule has 0 amide bonds. The van der Waals surface area contributed by atoms with Gasteiger partial charge in [0.2, 0.25) is 20.4 Å². The molecule has 0 spiro atoms. The Kier molecular flexibility index (Phi) is 26.5. The van der Waals surface area contributed by atoms with Crippen LogP contribution < -0.4 is 28.4 Å². The zero-order valence-corrected chi connectivity index (χ0v) is 55.6. The van der Waals surface area contributed by atoms with Crippen molar-refractivity contribution < 1.29 is 28.4 Å². The fraction of sp³-hybridized carbons (Fsp3) is 0.642. The van der Waals surface area contributed by atoms with Gasteiger partial charge in [0.05, 0.1) is 0 Å². The molecule has 2 atom stereocenters. The molecule has 7 nitrogen and oxygen atoms in total. The second kappa shape index (κ2) is 35.4. The normalized spacial score (nSPS) is 18.3. The molecule has 5 aliphatic rings. The highest BCUT2D eigenvalue weighted by molar-refractivity contribution is 5.67. The lowest BCUT2D eigenvalue weighted by molar-refractivity contribution is 0.103. The summed E-state index contributed by atoms with van der Waals surface area (Å²) in [6, 6.07) is 24.4. The Hall–Kier alpha value is -5.17. The van der Waals surface area contributed by atoms with Gasteiger partial charge in [0.15, 0.2) is 0 Å². The van der Waals surface area contributed by atoms with E-state index in [1.54, 1.807) is 0 Å². The smallest absolute Gasteiger partial charge is 0.230 e. The van der Waals surface area contributed by atoms with Crippen LogP contribution in [0.25, 0.3) is 0 Å². The van der Waals surface area contributed by atoms with Crippen molar-refractivity contribution in [2.75, 3.05) is 20.4 Å². The number of benzene rings is 4. The lowest BCUT2D eigenvalue weighted by atomic mass is 9.66. The summed E-state index contributed by atoms with van der Waals surface area (Å²) in [5.74, 6) is 5.72. The van der Waals surface area contributed by atoms with Crippen molar-refractivity contribution in [2.45, 2.75) is 314 Å². The molecule has 0 saturated carbocycles. The van der Waals surface area contributed by atoms with Gasteiger partial charge in [-0.1, -0.05) is 271 Å². The first-order valence-corrected chi connectivity index (χ1v) is 37.0. The molecule has 0 saturated heterocycles. The quantitative estimate of drug-likeness (QED) is 0.0361. The molecule has 0 radical (unpaired) electrons. The van der Waals surface area contributed by atoms with Crippen LogP contribution in [0.2, 0.25) is 0 Å². The molecule has 7 heteroatoms. The summed E-state index contributed by atoms with van der Waals surface area (Å²) in [4.78, 5) is 4.61. The van der Waals surface area contributed by atoms with Crippen LogP contribution >= 0.6 is 0 Å². The summed E-state index contributed by atoms with van der Waals surface area (Å²) in [7, 11) is 0. The molecule has 8 bridgehead atoms. The van der Waals surface area contributed by atoms with Gasteiger partial charge in [0.25, 0.3) is 0 Å². The average molecular weight is 1200 g/mol. The highest BCUT2D eigenvalue weighted by atomic mass is 16.7. The van der Waals surface area contributed by atoms with Crippen molar-refractivity contribution in [3.63, 3.8) is 0 Å². The SMILES string of the molecule is CCCCCCCCCCCC1c2cc3c4cc2OCOc2cc5c(cc21)C(CCCCCCCCCCC)c1cc2c(cc1OCO5)C(c1ccncc1)c1cc(c(cc1C2CCCCCCCCCCC)C3CCCCCCCCCCC)OCO4. The second-order valence-corrected chi connectivity index (χ2v) is 27.5. The molecular weight excluding hydrogens is 1080 g/mol. The Morgan fingerprint density at radius 1 is 0.261 bits per heavy atom. The summed E-state index contributed by atoms with van der Waals surface area (Å²) < 4.78 is 41.8. The van der Waals surface area contributed by atoms with Gasteiger partial charge in [0.1, 0.15) is 34.5 Å². The third-order valence-electron chi connectivity index (χ3n) is 21.1. The van der Waals surface area contributed by atoms with Gasteiger partial charge in [-0.25, -0.2) is 0 Å². The van der Waals surface area contributed by atoms with E-state index in [0.717, 1.165) is 79.4 Å². The first-order chi connectivity index (χ1) is 43.6. The molecule has 2 aliphatic carbocycles. The minimum atomic E-state index is -0.0461. The molecule has 10 rings (SSSR count). The third-order valence-corrected chi connectivity index (χ3v) is 21.1. The van der Waals surface area contributed by atoms with E-state index in [1.807, 2.05) is 12.4 Å². The number of hydrogen-bond acceptors (Lipinski definition) is 7. The molecular formula is C81H115NO6. The first kappa shape index (κ1) is 65.8. The van der Waals surface area contributed by atoms with E-state index in [2.05, 4.69) is 93.3 Å². The van der Waals surface area contributed by atoms with E-state index in [4.69, 9.17) is 28.4 Å². The van der Waals surface area contributed by atoms with Crippen molar-refractivity contribution in [3.05, 3.63) is 134 Å². The number of aromatic nitrogens is 1. The van der Waals surface area contributed by atoms with Crippen molar-refractivity contribution in [2.24, 2.45) is 0 Å². The number of unbranched alkanes of at least 4 members (excludes halogenated alkanes) is 32. The van der Waals surface area contributed by atoms with Crippen LogP contribution in [-0.4, -0.2) is 25.4 Å². The Morgan fingerprint density at radius 3 is 0.761 bits per heavy atom.